The number of urea groups is 1. The van der Waals surface area contributed by atoms with Crippen LogP contribution in [0.15, 0.2) is 29.2 Å². The Kier molecular flexibility index (Phi) is 7.03. The molecule has 0 radical (unpaired) electrons. The Bertz CT molecular complexity index is 758. The van der Waals surface area contributed by atoms with Crippen LogP contribution in [0.2, 0.25) is 0 Å². The number of nitrogens with zero attached hydrogens (tertiary/aromatic N) is 2. The fourth-order valence-corrected chi connectivity index (χ4v) is 4.41. The Balaban J connectivity index is 2.02. The standard InChI is InChI=1S/C17H26N4O5S/c1-3-4-15(19-17(18)23)16(22)20-9-11-21(12-10-20)27(24,25)14-7-5-13(26-2)6-8-14/h5-8,15H,3-4,9-12H2,1-2H3,(H3,18,19,23). The van der Waals surface area contributed by atoms with Gasteiger partial charge >= 0.3 is 6.03 Å². The van der Waals surface area contributed by atoms with Gasteiger partial charge in [0, 0.05) is 26.2 Å². The van der Waals surface area contributed by atoms with Gasteiger partial charge in [-0.1, -0.05) is 13.3 Å². The van der Waals surface area contributed by atoms with E-state index in [-0.39, 0.29) is 37.0 Å². The molecule has 10 heteroatoms. The second-order valence-corrected chi connectivity index (χ2v) is 8.19. The maximum absolute atomic E-state index is 12.8. The molecule has 0 spiro atoms. The molecule has 1 aliphatic heterocycles. The van der Waals surface area contributed by atoms with Crippen LogP contribution in [0, 0.1) is 0 Å². The van der Waals surface area contributed by atoms with Gasteiger partial charge in [-0.3, -0.25) is 4.79 Å². The first-order valence-electron chi connectivity index (χ1n) is 8.78. The molecule has 27 heavy (non-hydrogen) atoms. The van der Waals surface area contributed by atoms with Crippen LogP contribution in [-0.2, 0) is 14.8 Å². The number of rotatable bonds is 7. The molecule has 0 saturated carbocycles. The number of carbonyl (C=O) groups excluding carboxylic acids is 2. The lowest BCUT2D eigenvalue weighted by Gasteiger charge is -2.35. The second kappa shape index (κ2) is 9.05. The van der Waals surface area contributed by atoms with E-state index in [2.05, 4.69) is 5.32 Å². The number of sulfonamides is 1. The zero-order valence-electron chi connectivity index (χ0n) is 15.6. The van der Waals surface area contributed by atoms with Crippen molar-refractivity contribution in [3.8, 4) is 5.75 Å². The quantitative estimate of drug-likeness (QED) is 0.687. The molecule has 9 nitrogen and oxygen atoms in total. The second-order valence-electron chi connectivity index (χ2n) is 6.25. The van der Waals surface area contributed by atoms with Crippen LogP contribution in [-0.4, -0.2) is 68.9 Å². The van der Waals surface area contributed by atoms with Gasteiger partial charge in [-0.05, 0) is 30.7 Å². The van der Waals surface area contributed by atoms with Crippen molar-refractivity contribution in [1.82, 2.24) is 14.5 Å². The van der Waals surface area contributed by atoms with Crippen LogP contribution >= 0.6 is 0 Å². The fraction of sp³-hybridized carbons (Fsp3) is 0.529. The van der Waals surface area contributed by atoms with Crippen molar-refractivity contribution in [3.05, 3.63) is 24.3 Å². The first kappa shape index (κ1) is 21.0. The Hall–Kier alpha value is -2.33. The van der Waals surface area contributed by atoms with Gasteiger partial charge in [-0.25, -0.2) is 13.2 Å². The van der Waals surface area contributed by atoms with Gasteiger partial charge in [0.05, 0.1) is 12.0 Å². The number of nitrogens with one attached hydrogen (secondary N) is 1. The summed E-state index contributed by atoms with van der Waals surface area (Å²) in [5.41, 5.74) is 5.14. The van der Waals surface area contributed by atoms with E-state index in [0.29, 0.717) is 18.6 Å². The normalized spacial score (nSPS) is 16.6. The number of nitrogens with two attached hydrogens (primary N) is 1. The lowest BCUT2D eigenvalue weighted by Crippen LogP contribution is -2.56. The van der Waals surface area contributed by atoms with Gasteiger partial charge in [0.25, 0.3) is 0 Å². The maximum atomic E-state index is 12.8. The third-order valence-electron chi connectivity index (χ3n) is 4.44. The number of amides is 3. The summed E-state index contributed by atoms with van der Waals surface area (Å²) in [4.78, 5) is 25.4. The minimum Gasteiger partial charge on any atom is -0.497 e. The summed E-state index contributed by atoms with van der Waals surface area (Å²) in [5, 5.41) is 2.46. The van der Waals surface area contributed by atoms with Crippen molar-refractivity contribution in [2.45, 2.75) is 30.7 Å². The number of methoxy groups -OCH3 is 1. The number of ether oxygens (including phenoxy) is 1. The number of piperazine rings is 1. The molecule has 3 amide bonds. The number of primary amides is 1. The van der Waals surface area contributed by atoms with Gasteiger partial charge in [0.15, 0.2) is 0 Å². The van der Waals surface area contributed by atoms with E-state index in [1.807, 2.05) is 6.92 Å². The summed E-state index contributed by atoms with van der Waals surface area (Å²) in [6, 6.07) is 4.76. The third-order valence-corrected chi connectivity index (χ3v) is 6.35. The highest BCUT2D eigenvalue weighted by molar-refractivity contribution is 7.89. The molecule has 3 N–H and O–H groups in total. The number of hydrogen-bond acceptors (Lipinski definition) is 5. The maximum Gasteiger partial charge on any atom is 0.312 e. The summed E-state index contributed by atoms with van der Waals surface area (Å²) in [7, 11) is -2.12. The molecule has 1 unspecified atom stereocenters. The van der Waals surface area contributed by atoms with E-state index in [1.54, 1.807) is 17.0 Å². The van der Waals surface area contributed by atoms with E-state index >= 15 is 0 Å². The minimum absolute atomic E-state index is 0.183. The molecule has 0 aromatic heterocycles. The average Bonchev–Trinajstić information content (AvgIpc) is 2.67. The highest BCUT2D eigenvalue weighted by Crippen LogP contribution is 2.21. The van der Waals surface area contributed by atoms with Gasteiger partial charge in [-0.15, -0.1) is 0 Å². The first-order chi connectivity index (χ1) is 12.8. The Morgan fingerprint density at radius 1 is 1.19 bits per heavy atom. The number of carbonyl (C=O) groups is 2. The molecule has 150 valence electrons. The Morgan fingerprint density at radius 2 is 1.78 bits per heavy atom. The van der Waals surface area contributed by atoms with Crippen molar-refractivity contribution < 1.29 is 22.7 Å². The van der Waals surface area contributed by atoms with Gasteiger partial charge < -0.3 is 20.7 Å². The van der Waals surface area contributed by atoms with Crippen molar-refractivity contribution >= 4 is 22.0 Å². The molecule has 1 heterocycles. The van der Waals surface area contributed by atoms with E-state index in [0.717, 1.165) is 0 Å². The highest BCUT2D eigenvalue weighted by atomic mass is 32.2. The average molecular weight is 398 g/mol. The summed E-state index contributed by atoms with van der Waals surface area (Å²) < 4.78 is 31.9. The predicted octanol–water partition coefficient (Wildman–Crippen LogP) is 0.365. The summed E-state index contributed by atoms with van der Waals surface area (Å²) in [5.74, 6) is 0.338. The van der Waals surface area contributed by atoms with Gasteiger partial charge in [-0.2, -0.15) is 4.31 Å². The highest BCUT2D eigenvalue weighted by Gasteiger charge is 2.32. The molecule has 1 atom stereocenters. The topological polar surface area (TPSA) is 122 Å². The zero-order valence-corrected chi connectivity index (χ0v) is 16.4. The van der Waals surface area contributed by atoms with Crippen LogP contribution in [0.3, 0.4) is 0 Å². The largest absolute Gasteiger partial charge is 0.497 e. The van der Waals surface area contributed by atoms with Crippen LogP contribution < -0.4 is 15.8 Å². The first-order valence-corrected chi connectivity index (χ1v) is 10.2. The molecule has 1 aromatic carbocycles. The molecular formula is C17H26N4O5S. The number of hydrogen-bond donors (Lipinski definition) is 2. The number of benzene rings is 1. The molecule has 1 aromatic rings. The van der Waals surface area contributed by atoms with Crippen LogP contribution in [0.4, 0.5) is 4.79 Å². The van der Waals surface area contributed by atoms with E-state index in [1.165, 1.54) is 23.5 Å². The molecule has 0 aliphatic carbocycles. The molecule has 0 bridgehead atoms. The van der Waals surface area contributed by atoms with Gasteiger partial charge in [0.2, 0.25) is 15.9 Å². The lowest BCUT2D eigenvalue weighted by molar-refractivity contribution is -0.134. The van der Waals surface area contributed by atoms with Gasteiger partial charge in [0.1, 0.15) is 11.8 Å². The fourth-order valence-electron chi connectivity index (χ4n) is 2.98. The summed E-state index contributed by atoms with van der Waals surface area (Å²) >= 11 is 0. The monoisotopic (exact) mass is 398 g/mol. The van der Waals surface area contributed by atoms with Crippen molar-refractivity contribution in [1.29, 1.82) is 0 Å². The van der Waals surface area contributed by atoms with Crippen molar-refractivity contribution in [2.75, 3.05) is 33.3 Å². The molecule has 1 saturated heterocycles. The third kappa shape index (κ3) is 5.10. The zero-order chi connectivity index (χ0) is 20.0. The molecular weight excluding hydrogens is 372 g/mol. The predicted molar refractivity (Wildman–Crippen MR) is 99.7 cm³/mol. The molecule has 1 aliphatic rings. The molecule has 2 rings (SSSR count). The van der Waals surface area contributed by atoms with Crippen LogP contribution in [0.1, 0.15) is 19.8 Å². The Labute approximate surface area is 159 Å². The van der Waals surface area contributed by atoms with E-state index in [9.17, 15) is 18.0 Å². The summed E-state index contributed by atoms with van der Waals surface area (Å²) in [6.45, 7) is 2.80. The lowest BCUT2D eigenvalue weighted by atomic mass is 10.1. The van der Waals surface area contributed by atoms with Crippen LogP contribution in [0.25, 0.3) is 0 Å². The Morgan fingerprint density at radius 3 is 2.26 bits per heavy atom. The van der Waals surface area contributed by atoms with E-state index < -0.39 is 22.1 Å². The van der Waals surface area contributed by atoms with Crippen molar-refractivity contribution in [3.63, 3.8) is 0 Å². The molecule has 1 fully saturated rings. The smallest absolute Gasteiger partial charge is 0.312 e. The summed E-state index contributed by atoms with van der Waals surface area (Å²) in [6.07, 6.45) is 1.19. The van der Waals surface area contributed by atoms with E-state index in [4.69, 9.17) is 10.5 Å². The van der Waals surface area contributed by atoms with Crippen molar-refractivity contribution in [2.24, 2.45) is 5.73 Å². The SMILES string of the molecule is CCCC(NC(N)=O)C(=O)N1CCN(S(=O)(=O)c2ccc(OC)cc2)CC1. The van der Waals surface area contributed by atoms with Crippen LogP contribution in [0.5, 0.6) is 5.75 Å². The minimum atomic E-state index is -3.64.